The lowest BCUT2D eigenvalue weighted by molar-refractivity contribution is 0.0899. The zero-order valence-corrected chi connectivity index (χ0v) is 30.7. The van der Waals surface area contributed by atoms with E-state index in [1.54, 1.807) is 21.3 Å². The van der Waals surface area contributed by atoms with Crippen molar-refractivity contribution >= 4 is 46.2 Å². The number of anilines is 2. The van der Waals surface area contributed by atoms with E-state index < -0.39 is 24.1 Å². The Bertz CT molecular complexity index is 2310. The van der Waals surface area contributed by atoms with E-state index in [2.05, 4.69) is 34.9 Å². The molecule has 0 spiro atoms. The first-order valence-corrected chi connectivity index (χ1v) is 21.7. The van der Waals surface area contributed by atoms with Crippen LogP contribution in [0.1, 0.15) is 24.4 Å². The number of benzene rings is 2. The van der Waals surface area contributed by atoms with Gasteiger partial charge >= 0.3 is 0 Å². The van der Waals surface area contributed by atoms with Crippen LogP contribution in [-0.2, 0) is 21.5 Å². The van der Waals surface area contributed by atoms with Crippen molar-refractivity contribution < 1.29 is 13.2 Å². The second-order valence-corrected chi connectivity index (χ2v) is 21.2. The van der Waals surface area contributed by atoms with Crippen molar-refractivity contribution in [2.75, 3.05) is 29.5 Å². The van der Waals surface area contributed by atoms with Crippen molar-refractivity contribution in [1.29, 1.82) is 0 Å². The van der Waals surface area contributed by atoms with E-state index in [4.69, 9.17) is 9.84 Å². The van der Waals surface area contributed by atoms with Crippen molar-refractivity contribution in [1.82, 2.24) is 28.7 Å². The number of rotatable bonds is 12. The van der Waals surface area contributed by atoms with Gasteiger partial charge in [-0.25, -0.2) is 22.9 Å². The smallest absolute Gasteiger partial charge is 0.282 e. The Hall–Kier alpha value is -4.79. The molecular weight excluding hydrogens is 657 g/mol. The molecule has 256 valence electrons. The quantitative estimate of drug-likeness (QED) is 0.120. The fourth-order valence-electron chi connectivity index (χ4n) is 5.76. The number of aromatic nitrogens is 6. The van der Waals surface area contributed by atoms with E-state index in [0.29, 0.717) is 40.8 Å². The molecule has 0 aliphatic rings. The lowest BCUT2D eigenvalue weighted by atomic mass is 10.1. The number of ether oxygens (including phenoxy) is 1. The minimum absolute atomic E-state index is 0.172. The van der Waals surface area contributed by atoms with Crippen LogP contribution in [0.2, 0.25) is 25.7 Å². The van der Waals surface area contributed by atoms with Crippen LogP contribution >= 0.6 is 0 Å². The Morgan fingerprint density at radius 2 is 1.80 bits per heavy atom. The van der Waals surface area contributed by atoms with Gasteiger partial charge in [0.25, 0.3) is 5.56 Å². The SMILES string of the molecule is Cc1ccn2nc(C(C)Nc3ncnc4c3c(-c3cccc(N(C)S(C)(=O)=O)c3)cn4COCC[Si](C)(C)C)n(-c3ccccc3)c(=O)c12. The predicted molar refractivity (Wildman–Crippen MR) is 198 cm³/mol. The molecule has 0 bridgehead atoms. The summed E-state index contributed by atoms with van der Waals surface area (Å²) < 4.78 is 37.4. The summed E-state index contributed by atoms with van der Waals surface area (Å²) >= 11 is 0. The maximum absolute atomic E-state index is 14.0. The van der Waals surface area contributed by atoms with Gasteiger partial charge in [0.2, 0.25) is 10.0 Å². The number of hydrogen-bond donors (Lipinski definition) is 1. The molecular formula is C35H42N8O4SSi. The normalized spacial score (nSPS) is 12.9. The summed E-state index contributed by atoms with van der Waals surface area (Å²) in [6.07, 6.45) is 6.44. The maximum Gasteiger partial charge on any atom is 0.282 e. The Balaban J connectivity index is 1.47. The number of nitrogens with zero attached hydrogens (tertiary/aromatic N) is 7. The van der Waals surface area contributed by atoms with Gasteiger partial charge in [0.1, 0.15) is 30.0 Å². The summed E-state index contributed by atoms with van der Waals surface area (Å²) in [5.74, 6) is 1.03. The van der Waals surface area contributed by atoms with E-state index >= 15 is 0 Å². The van der Waals surface area contributed by atoms with Crippen LogP contribution in [-0.4, -0.2) is 65.1 Å². The monoisotopic (exact) mass is 698 g/mol. The third-order valence-corrected chi connectivity index (χ3v) is 11.5. The van der Waals surface area contributed by atoms with E-state index in [9.17, 15) is 13.2 Å². The Morgan fingerprint density at radius 1 is 1.04 bits per heavy atom. The molecule has 0 saturated heterocycles. The van der Waals surface area contributed by atoms with Crippen LogP contribution in [0.25, 0.3) is 33.4 Å². The number of para-hydroxylation sites is 1. The van der Waals surface area contributed by atoms with Crippen LogP contribution in [0, 0.1) is 6.92 Å². The van der Waals surface area contributed by atoms with E-state index in [0.717, 1.165) is 28.1 Å². The molecule has 14 heteroatoms. The standard InChI is InChI=1S/C35H42N8O4SSi/c1-24-16-17-42-31(24)35(44)43(27-13-9-8-10-14-27)33(39-42)25(2)38-32-30-29(26-12-11-15-28(20-26)40(3)48(4,45)46)21-41(34(30)37-22-36-32)23-47-18-19-49(5,6)7/h8-17,20-22,25H,18-19,23H2,1-7H3,(H,36,37,38). The molecule has 0 amide bonds. The van der Waals surface area contributed by atoms with E-state index in [1.807, 2.05) is 79.2 Å². The summed E-state index contributed by atoms with van der Waals surface area (Å²) in [5, 5.41) is 9.18. The molecule has 0 aliphatic heterocycles. The first kappa shape index (κ1) is 34.1. The molecule has 0 fully saturated rings. The topological polar surface area (TPSA) is 129 Å². The summed E-state index contributed by atoms with van der Waals surface area (Å²) in [6.45, 7) is 11.7. The average Bonchev–Trinajstić information content (AvgIpc) is 3.63. The molecule has 1 N–H and O–H groups in total. The molecule has 2 aromatic carbocycles. The Kier molecular flexibility index (Phi) is 9.22. The van der Waals surface area contributed by atoms with Gasteiger partial charge in [-0.05, 0) is 61.4 Å². The first-order valence-electron chi connectivity index (χ1n) is 16.1. The molecule has 1 atom stereocenters. The van der Waals surface area contributed by atoms with Gasteiger partial charge in [-0.15, -0.1) is 0 Å². The highest BCUT2D eigenvalue weighted by Gasteiger charge is 2.24. The lowest BCUT2D eigenvalue weighted by Gasteiger charge is -2.20. The second-order valence-electron chi connectivity index (χ2n) is 13.6. The number of fused-ring (bicyclic) bond motifs is 2. The predicted octanol–water partition coefficient (Wildman–Crippen LogP) is 6.09. The van der Waals surface area contributed by atoms with Crippen molar-refractivity contribution in [2.45, 2.75) is 52.3 Å². The molecule has 49 heavy (non-hydrogen) atoms. The zero-order chi connectivity index (χ0) is 35.1. The third kappa shape index (κ3) is 7.02. The largest absolute Gasteiger partial charge is 0.361 e. The summed E-state index contributed by atoms with van der Waals surface area (Å²) in [5.41, 5.74) is 4.65. The lowest BCUT2D eigenvalue weighted by Crippen LogP contribution is -2.29. The molecule has 0 radical (unpaired) electrons. The number of nitrogens with one attached hydrogen (secondary N) is 1. The highest BCUT2D eigenvalue weighted by atomic mass is 32.2. The van der Waals surface area contributed by atoms with Gasteiger partial charge in [-0.3, -0.25) is 13.7 Å². The number of sulfonamides is 1. The zero-order valence-electron chi connectivity index (χ0n) is 28.9. The second kappa shape index (κ2) is 13.3. The van der Waals surface area contributed by atoms with Gasteiger partial charge in [0, 0.05) is 39.7 Å². The fourth-order valence-corrected chi connectivity index (χ4v) is 7.01. The van der Waals surface area contributed by atoms with E-state index in [-0.39, 0.29) is 12.3 Å². The Morgan fingerprint density at radius 3 is 2.51 bits per heavy atom. The molecule has 12 nitrogen and oxygen atoms in total. The van der Waals surface area contributed by atoms with Crippen molar-refractivity contribution in [2.24, 2.45) is 0 Å². The highest BCUT2D eigenvalue weighted by Crippen LogP contribution is 2.37. The van der Waals surface area contributed by atoms with Gasteiger partial charge in [0.05, 0.1) is 29.1 Å². The molecule has 6 aromatic rings. The van der Waals surface area contributed by atoms with Gasteiger partial charge in [0.15, 0.2) is 5.82 Å². The molecule has 0 saturated carbocycles. The van der Waals surface area contributed by atoms with Crippen LogP contribution in [0.15, 0.2) is 84.2 Å². The maximum atomic E-state index is 14.0. The third-order valence-electron chi connectivity index (χ3n) is 8.57. The van der Waals surface area contributed by atoms with Gasteiger partial charge in [-0.1, -0.05) is 50.0 Å². The summed E-state index contributed by atoms with van der Waals surface area (Å²) in [4.78, 5) is 23.3. The van der Waals surface area contributed by atoms with Crippen LogP contribution in [0.5, 0.6) is 0 Å². The van der Waals surface area contributed by atoms with Gasteiger partial charge < -0.3 is 14.6 Å². The molecule has 4 aromatic heterocycles. The fraction of sp³-hybridized carbons (Fsp3) is 0.314. The minimum atomic E-state index is -3.48. The average molecular weight is 699 g/mol. The summed E-state index contributed by atoms with van der Waals surface area (Å²) in [7, 11) is -3.24. The summed E-state index contributed by atoms with van der Waals surface area (Å²) in [6, 6.07) is 19.2. The number of aryl methyl sites for hydroxylation is 1. The molecule has 4 heterocycles. The number of hydrogen-bond acceptors (Lipinski definition) is 8. The Labute approximate surface area is 287 Å². The van der Waals surface area contributed by atoms with Crippen molar-refractivity contribution in [3.63, 3.8) is 0 Å². The van der Waals surface area contributed by atoms with Gasteiger partial charge in [-0.2, -0.15) is 5.10 Å². The van der Waals surface area contributed by atoms with Crippen molar-refractivity contribution in [3.8, 4) is 16.8 Å². The van der Waals surface area contributed by atoms with Crippen LogP contribution < -0.4 is 15.2 Å². The molecule has 1 unspecified atom stereocenters. The van der Waals surface area contributed by atoms with Crippen molar-refractivity contribution in [3.05, 3.63) is 101 Å². The minimum Gasteiger partial charge on any atom is -0.361 e. The molecule has 6 rings (SSSR count). The molecule has 0 aliphatic carbocycles. The van der Waals surface area contributed by atoms with Crippen LogP contribution in [0.3, 0.4) is 0 Å². The van der Waals surface area contributed by atoms with Crippen LogP contribution in [0.4, 0.5) is 11.5 Å². The van der Waals surface area contributed by atoms with E-state index in [1.165, 1.54) is 23.9 Å². The highest BCUT2D eigenvalue weighted by molar-refractivity contribution is 7.92. The first-order chi connectivity index (χ1) is 23.2.